The number of aliphatic hydroxyl groups excluding tert-OH is 1. The van der Waals surface area contributed by atoms with Crippen molar-refractivity contribution >= 4 is 41.4 Å². The molecule has 1 aliphatic heterocycles. The second kappa shape index (κ2) is 15.6. The van der Waals surface area contributed by atoms with Crippen molar-refractivity contribution in [1.29, 1.82) is 0 Å². The Balaban J connectivity index is 1.44. The van der Waals surface area contributed by atoms with Crippen LogP contribution >= 0.6 is 35.3 Å². The van der Waals surface area contributed by atoms with Gasteiger partial charge in [-0.05, 0) is 47.4 Å². The van der Waals surface area contributed by atoms with E-state index in [1.54, 1.807) is 29.6 Å². The summed E-state index contributed by atoms with van der Waals surface area (Å²) >= 11 is 5.35. The molecule has 0 aromatic heterocycles. The van der Waals surface area contributed by atoms with E-state index < -0.39 is 4.75 Å². The highest BCUT2D eigenvalue weighted by atomic mass is 32.2. The first-order chi connectivity index (χ1) is 21.1. The molecule has 4 aromatic carbocycles. The van der Waals surface area contributed by atoms with Crippen LogP contribution in [0.5, 0.6) is 0 Å². The molecular weight excluding hydrogens is 591 g/mol. The van der Waals surface area contributed by atoms with Crippen molar-refractivity contribution in [2.45, 2.75) is 32.3 Å². The number of hydrogen-bond donors (Lipinski definition) is 1. The Bertz CT molecular complexity index is 1340. The molecule has 5 rings (SSSR count). The lowest BCUT2D eigenvalue weighted by atomic mass is 9.84. The molecule has 1 saturated heterocycles. The Morgan fingerprint density at radius 1 is 0.837 bits per heavy atom. The average molecular weight is 628 g/mol. The van der Waals surface area contributed by atoms with Gasteiger partial charge in [-0.2, -0.15) is 0 Å². The van der Waals surface area contributed by atoms with Crippen LogP contribution in [0.3, 0.4) is 0 Å². The summed E-state index contributed by atoms with van der Waals surface area (Å²) in [6.45, 7) is 4.70. The Hall–Kier alpha value is -3.10. The first-order valence-corrected chi connectivity index (χ1v) is 17.3. The summed E-state index contributed by atoms with van der Waals surface area (Å²) in [5.41, 5.74) is 3.65. The van der Waals surface area contributed by atoms with Crippen molar-refractivity contribution in [2.75, 3.05) is 31.3 Å². The van der Waals surface area contributed by atoms with Gasteiger partial charge in [-0.25, -0.2) is 4.79 Å². The molecule has 2 atom stereocenters. The van der Waals surface area contributed by atoms with E-state index in [1.807, 2.05) is 16.7 Å². The lowest BCUT2D eigenvalue weighted by Gasteiger charge is -2.37. The maximum absolute atomic E-state index is 13.3. The topological polar surface area (TPSA) is 49.8 Å². The van der Waals surface area contributed by atoms with E-state index in [1.165, 1.54) is 16.7 Å². The van der Waals surface area contributed by atoms with E-state index in [9.17, 15) is 4.79 Å². The molecule has 0 aliphatic carbocycles. The quantitative estimate of drug-likeness (QED) is 0.0914. The van der Waals surface area contributed by atoms with Gasteiger partial charge in [0, 0.05) is 39.1 Å². The van der Waals surface area contributed by atoms with Crippen molar-refractivity contribution in [2.24, 2.45) is 0 Å². The van der Waals surface area contributed by atoms with Gasteiger partial charge < -0.3 is 14.7 Å². The summed E-state index contributed by atoms with van der Waals surface area (Å²) in [4.78, 5) is 17.5. The zero-order valence-corrected chi connectivity index (χ0v) is 26.5. The predicted octanol–water partition coefficient (Wildman–Crippen LogP) is 8.35. The van der Waals surface area contributed by atoms with Gasteiger partial charge in [0.25, 0.3) is 0 Å². The van der Waals surface area contributed by atoms with Crippen LogP contribution in [0.15, 0.2) is 138 Å². The van der Waals surface area contributed by atoms with Crippen LogP contribution in [0, 0.1) is 0 Å². The van der Waals surface area contributed by atoms with Gasteiger partial charge in [0.15, 0.2) is 0 Å². The third-order valence-electron chi connectivity index (χ3n) is 7.45. The number of benzene rings is 4. The predicted molar refractivity (Wildman–Crippen MR) is 182 cm³/mol. The normalized spacial score (nSPS) is 16.6. The molecule has 1 fully saturated rings. The van der Waals surface area contributed by atoms with E-state index >= 15 is 0 Å². The van der Waals surface area contributed by atoms with Crippen molar-refractivity contribution < 1.29 is 14.6 Å². The molecule has 0 bridgehead atoms. The molecule has 0 unspecified atom stereocenters. The molecule has 7 heteroatoms. The molecule has 1 heterocycles. The highest BCUT2D eigenvalue weighted by Crippen LogP contribution is 2.52. The minimum absolute atomic E-state index is 0.0308. The molecule has 1 amide bonds. The highest BCUT2D eigenvalue weighted by molar-refractivity contribution is 8.01. The van der Waals surface area contributed by atoms with E-state index in [4.69, 9.17) is 9.84 Å². The molecular formula is C36H37NO3S3. The summed E-state index contributed by atoms with van der Waals surface area (Å²) in [5, 5.41) is 9.30. The highest BCUT2D eigenvalue weighted by Gasteiger charge is 2.44. The summed E-state index contributed by atoms with van der Waals surface area (Å²) in [5.74, 6) is 1.46. The lowest BCUT2D eigenvalue weighted by Crippen LogP contribution is -2.38. The molecule has 222 valence electrons. The number of rotatable bonds is 13. The van der Waals surface area contributed by atoms with E-state index in [0.29, 0.717) is 12.3 Å². The van der Waals surface area contributed by atoms with Crippen molar-refractivity contribution in [1.82, 2.24) is 4.90 Å². The number of likely N-dealkylation sites (tertiary alicyclic amines) is 1. The van der Waals surface area contributed by atoms with Crippen molar-refractivity contribution in [3.05, 3.63) is 145 Å². The minimum atomic E-state index is -0.449. The monoisotopic (exact) mass is 627 g/mol. The number of nitrogens with zero attached hydrogens (tertiary/aromatic N) is 1. The van der Waals surface area contributed by atoms with Gasteiger partial charge in [0.2, 0.25) is 0 Å². The SMILES string of the molecule is C=CCOC(=O)N1C[C@@H](SC(c2ccccc2)(c2ccccc2)c2ccccc2)C[C@H]1CSc1ccc(SCCO)cc1. The van der Waals surface area contributed by atoms with Gasteiger partial charge in [-0.3, -0.25) is 0 Å². The Labute approximate surface area is 267 Å². The van der Waals surface area contributed by atoms with Gasteiger partial charge in [-0.1, -0.05) is 104 Å². The third-order valence-corrected chi connectivity index (χ3v) is 11.3. The fourth-order valence-corrected chi connectivity index (χ4v) is 9.07. The van der Waals surface area contributed by atoms with Crippen molar-refractivity contribution in [3.63, 3.8) is 0 Å². The zero-order chi connectivity index (χ0) is 29.9. The Morgan fingerprint density at radius 3 is 1.84 bits per heavy atom. The van der Waals surface area contributed by atoms with Crippen LogP contribution in [0.1, 0.15) is 23.1 Å². The molecule has 43 heavy (non-hydrogen) atoms. The fourth-order valence-electron chi connectivity index (χ4n) is 5.51. The molecule has 1 aliphatic rings. The Kier molecular flexibility index (Phi) is 11.3. The van der Waals surface area contributed by atoms with E-state index in [2.05, 4.69) is 122 Å². The Morgan fingerprint density at radius 2 is 1.35 bits per heavy atom. The van der Waals surface area contributed by atoms with E-state index in [0.717, 1.165) is 22.0 Å². The first-order valence-electron chi connectivity index (χ1n) is 14.5. The van der Waals surface area contributed by atoms with Gasteiger partial charge in [-0.15, -0.1) is 35.3 Å². The smallest absolute Gasteiger partial charge is 0.410 e. The van der Waals surface area contributed by atoms with Gasteiger partial charge >= 0.3 is 6.09 Å². The number of carbonyl (C=O) groups is 1. The van der Waals surface area contributed by atoms with E-state index in [-0.39, 0.29) is 30.6 Å². The van der Waals surface area contributed by atoms with Crippen LogP contribution in [-0.2, 0) is 9.48 Å². The minimum Gasteiger partial charge on any atom is -0.445 e. The molecule has 1 N–H and O–H groups in total. The number of amides is 1. The number of aliphatic hydroxyl groups is 1. The maximum atomic E-state index is 13.3. The van der Waals surface area contributed by atoms with Crippen LogP contribution in [-0.4, -0.2) is 58.7 Å². The second-order valence-corrected chi connectivity index (χ2v) is 14.1. The molecule has 0 radical (unpaired) electrons. The summed E-state index contributed by atoms with van der Waals surface area (Å²) < 4.78 is 5.12. The number of ether oxygens (including phenoxy) is 1. The third kappa shape index (κ3) is 7.71. The number of hydrogen-bond acceptors (Lipinski definition) is 6. The maximum Gasteiger partial charge on any atom is 0.410 e. The van der Waals surface area contributed by atoms with Crippen LogP contribution in [0.25, 0.3) is 0 Å². The van der Waals surface area contributed by atoms with Gasteiger partial charge in [0.1, 0.15) is 6.61 Å². The number of carbonyl (C=O) groups excluding carboxylic acids is 1. The number of thioether (sulfide) groups is 3. The standard InChI is InChI=1S/C36H37NO3S3/c1-2-23-40-35(39)37-26-34(25-31(37)27-42-33-20-18-32(19-21-33)41-24-22-38)43-36(28-12-6-3-7-13-28,29-14-8-4-9-15-29)30-16-10-5-11-17-30/h2-21,31,34,38H,1,22-27H2/t31-,34-/m0/s1. The lowest BCUT2D eigenvalue weighted by molar-refractivity contribution is 0.111. The van der Waals surface area contributed by atoms with Gasteiger partial charge in [0.05, 0.1) is 11.4 Å². The zero-order valence-electron chi connectivity index (χ0n) is 24.1. The molecule has 0 saturated carbocycles. The fraction of sp³-hybridized carbons (Fsp3) is 0.250. The summed E-state index contributed by atoms with van der Waals surface area (Å²) in [6.07, 6.45) is 2.19. The first kappa shape index (κ1) is 31.3. The van der Waals surface area contributed by atoms with Crippen LogP contribution in [0.4, 0.5) is 4.79 Å². The summed E-state index contributed by atoms with van der Waals surface area (Å²) in [6, 6.07) is 40.6. The molecule has 0 spiro atoms. The molecule has 4 nitrogen and oxygen atoms in total. The van der Waals surface area contributed by atoms with Crippen molar-refractivity contribution in [3.8, 4) is 0 Å². The summed E-state index contributed by atoms with van der Waals surface area (Å²) in [7, 11) is 0. The van der Waals surface area contributed by atoms with Crippen LogP contribution in [0.2, 0.25) is 0 Å². The largest absolute Gasteiger partial charge is 0.445 e. The second-order valence-electron chi connectivity index (χ2n) is 10.3. The molecule has 4 aromatic rings. The average Bonchev–Trinajstić information content (AvgIpc) is 3.48. The van der Waals surface area contributed by atoms with Crippen LogP contribution < -0.4 is 0 Å².